The molecule has 7 nitrogen and oxygen atoms in total. The molecule has 1 unspecified atom stereocenters. The third kappa shape index (κ3) is 5.63. The second kappa shape index (κ2) is 10.6. The first kappa shape index (κ1) is 24.3. The number of carboxylic acid groups (broad SMARTS) is 1. The minimum Gasteiger partial charge on any atom is -0.481 e. The summed E-state index contributed by atoms with van der Waals surface area (Å²) in [7, 11) is 0. The number of anilines is 1. The van der Waals surface area contributed by atoms with E-state index in [-0.39, 0.29) is 25.4 Å². The Morgan fingerprint density at radius 1 is 1.00 bits per heavy atom. The van der Waals surface area contributed by atoms with E-state index < -0.39 is 24.0 Å². The Labute approximate surface area is 208 Å². The minimum atomic E-state index is -1.11. The Hall–Kier alpha value is -3.84. The van der Waals surface area contributed by atoms with Crippen LogP contribution in [0, 0.1) is 6.92 Å². The lowest BCUT2D eigenvalue weighted by atomic mass is 9.98. The van der Waals surface area contributed by atoms with Gasteiger partial charge in [-0.05, 0) is 53.3 Å². The Balaban J connectivity index is 1.43. The maximum absolute atomic E-state index is 12.9. The van der Waals surface area contributed by atoms with Gasteiger partial charge < -0.3 is 20.5 Å². The molecule has 0 aromatic heterocycles. The van der Waals surface area contributed by atoms with Crippen molar-refractivity contribution in [3.63, 3.8) is 0 Å². The first-order valence-corrected chi connectivity index (χ1v) is 11.6. The summed E-state index contributed by atoms with van der Waals surface area (Å²) in [5.74, 6) is -1.79. The van der Waals surface area contributed by atoms with Gasteiger partial charge in [0.05, 0.1) is 10.7 Å². The van der Waals surface area contributed by atoms with E-state index in [1.165, 1.54) is 0 Å². The Kier molecular flexibility index (Phi) is 7.36. The molecule has 0 fully saturated rings. The van der Waals surface area contributed by atoms with Crippen molar-refractivity contribution >= 4 is 35.3 Å². The van der Waals surface area contributed by atoms with Crippen LogP contribution in [0.2, 0.25) is 5.02 Å². The van der Waals surface area contributed by atoms with Gasteiger partial charge in [0.25, 0.3) is 0 Å². The number of aliphatic carboxylic acids is 1. The van der Waals surface area contributed by atoms with Crippen molar-refractivity contribution in [2.45, 2.75) is 31.7 Å². The van der Waals surface area contributed by atoms with Gasteiger partial charge in [-0.15, -0.1) is 0 Å². The smallest absolute Gasteiger partial charge is 0.407 e. The lowest BCUT2D eigenvalue weighted by Crippen LogP contribution is -2.44. The van der Waals surface area contributed by atoms with Crippen LogP contribution in [0.3, 0.4) is 0 Å². The maximum atomic E-state index is 12.9. The molecule has 0 saturated carbocycles. The molecule has 8 heteroatoms. The normalized spacial score (nSPS) is 12.9. The fourth-order valence-corrected chi connectivity index (χ4v) is 4.54. The van der Waals surface area contributed by atoms with Gasteiger partial charge in [-0.1, -0.05) is 66.2 Å². The minimum absolute atomic E-state index is 0.0803. The fourth-order valence-electron chi connectivity index (χ4n) is 4.26. The molecule has 180 valence electrons. The summed E-state index contributed by atoms with van der Waals surface area (Å²) in [5, 5.41) is 14.6. The average Bonchev–Trinajstić information content (AvgIpc) is 3.15. The highest BCUT2D eigenvalue weighted by atomic mass is 35.5. The van der Waals surface area contributed by atoms with E-state index in [1.807, 2.05) is 55.5 Å². The standard InChI is InChI=1S/C27H25ClN2O5/c1-16-10-11-23(22(28)14-16)29-26(33)24(12-13-25(31)32)30-27(34)35-15-21-19-8-4-2-6-17(19)18-7-3-5-9-20(18)21/h2-11,14,21,24H,12-13,15H2,1H3,(H,29,33)(H,30,34)(H,31,32). The summed E-state index contributed by atoms with van der Waals surface area (Å²) in [6.07, 6.45) is -1.20. The van der Waals surface area contributed by atoms with Crippen LogP contribution in [0.1, 0.15) is 35.4 Å². The highest BCUT2D eigenvalue weighted by Crippen LogP contribution is 2.44. The summed E-state index contributed by atoms with van der Waals surface area (Å²) < 4.78 is 5.51. The molecule has 0 spiro atoms. The lowest BCUT2D eigenvalue weighted by molar-refractivity contribution is -0.137. The molecule has 0 aliphatic heterocycles. The molecule has 3 aromatic carbocycles. The fraction of sp³-hybridized carbons (Fsp3) is 0.222. The van der Waals surface area contributed by atoms with Crippen molar-refractivity contribution in [2.24, 2.45) is 0 Å². The number of amides is 2. The third-order valence-electron chi connectivity index (χ3n) is 5.98. The van der Waals surface area contributed by atoms with Gasteiger partial charge in [-0.3, -0.25) is 9.59 Å². The van der Waals surface area contributed by atoms with Crippen molar-refractivity contribution in [3.05, 3.63) is 88.4 Å². The van der Waals surface area contributed by atoms with E-state index in [0.717, 1.165) is 27.8 Å². The topological polar surface area (TPSA) is 105 Å². The van der Waals surface area contributed by atoms with Crippen LogP contribution in [0.15, 0.2) is 66.7 Å². The summed E-state index contributed by atoms with van der Waals surface area (Å²) in [5.41, 5.74) is 5.63. The molecule has 1 aliphatic carbocycles. The zero-order valence-corrected chi connectivity index (χ0v) is 19.8. The number of aryl methyl sites for hydroxylation is 1. The molecule has 3 N–H and O–H groups in total. The Bertz CT molecular complexity index is 1230. The predicted octanol–water partition coefficient (Wildman–Crippen LogP) is 5.36. The van der Waals surface area contributed by atoms with Crippen LogP contribution >= 0.6 is 11.6 Å². The number of carbonyl (C=O) groups is 3. The number of carboxylic acids is 1. The number of hydrogen-bond donors (Lipinski definition) is 3. The van der Waals surface area contributed by atoms with Crippen LogP contribution in [0.5, 0.6) is 0 Å². The molecule has 0 radical (unpaired) electrons. The predicted molar refractivity (Wildman–Crippen MR) is 134 cm³/mol. The number of halogens is 1. The van der Waals surface area contributed by atoms with Crippen molar-refractivity contribution in [3.8, 4) is 11.1 Å². The van der Waals surface area contributed by atoms with Crippen LogP contribution in [0.25, 0.3) is 11.1 Å². The molecule has 2 amide bonds. The second-order valence-electron chi connectivity index (χ2n) is 8.43. The first-order chi connectivity index (χ1) is 16.8. The summed E-state index contributed by atoms with van der Waals surface area (Å²) in [6, 6.07) is 19.9. The monoisotopic (exact) mass is 492 g/mol. The third-order valence-corrected chi connectivity index (χ3v) is 6.29. The van der Waals surface area contributed by atoms with E-state index >= 15 is 0 Å². The van der Waals surface area contributed by atoms with Crippen LogP contribution in [-0.4, -0.2) is 35.7 Å². The number of alkyl carbamates (subject to hydrolysis) is 1. The molecular weight excluding hydrogens is 468 g/mol. The summed E-state index contributed by atoms with van der Waals surface area (Å²) >= 11 is 6.20. The summed E-state index contributed by atoms with van der Waals surface area (Å²) in [4.78, 5) is 36.6. The quantitative estimate of drug-likeness (QED) is 0.392. The highest BCUT2D eigenvalue weighted by molar-refractivity contribution is 6.33. The molecule has 0 bridgehead atoms. The van der Waals surface area contributed by atoms with Gasteiger partial charge in [0, 0.05) is 12.3 Å². The molecular formula is C27H25ClN2O5. The Morgan fingerprint density at radius 2 is 1.63 bits per heavy atom. The van der Waals surface area contributed by atoms with Crippen LogP contribution < -0.4 is 10.6 Å². The summed E-state index contributed by atoms with van der Waals surface area (Å²) in [6.45, 7) is 1.95. The van der Waals surface area contributed by atoms with Crippen molar-refractivity contribution in [1.29, 1.82) is 0 Å². The molecule has 1 atom stereocenters. The number of fused-ring (bicyclic) bond motifs is 3. The number of carbonyl (C=O) groups excluding carboxylic acids is 2. The van der Waals surface area contributed by atoms with E-state index in [1.54, 1.807) is 18.2 Å². The molecule has 0 saturated heterocycles. The van der Waals surface area contributed by atoms with Gasteiger partial charge in [-0.2, -0.15) is 0 Å². The first-order valence-electron chi connectivity index (χ1n) is 11.2. The van der Waals surface area contributed by atoms with Crippen LogP contribution in [0.4, 0.5) is 10.5 Å². The Morgan fingerprint density at radius 3 is 2.23 bits per heavy atom. The molecule has 1 aliphatic rings. The van der Waals surface area contributed by atoms with E-state index in [2.05, 4.69) is 10.6 Å². The highest BCUT2D eigenvalue weighted by Gasteiger charge is 2.30. The number of rotatable bonds is 8. The maximum Gasteiger partial charge on any atom is 0.407 e. The van der Waals surface area contributed by atoms with Crippen molar-refractivity contribution in [1.82, 2.24) is 5.32 Å². The van der Waals surface area contributed by atoms with E-state index in [9.17, 15) is 14.4 Å². The van der Waals surface area contributed by atoms with Crippen LogP contribution in [-0.2, 0) is 14.3 Å². The molecule has 35 heavy (non-hydrogen) atoms. The van der Waals surface area contributed by atoms with Crippen molar-refractivity contribution in [2.75, 3.05) is 11.9 Å². The number of hydrogen-bond acceptors (Lipinski definition) is 4. The number of benzene rings is 3. The van der Waals surface area contributed by atoms with Gasteiger partial charge in [0.2, 0.25) is 5.91 Å². The number of ether oxygens (including phenoxy) is 1. The molecule has 4 rings (SSSR count). The molecule has 3 aromatic rings. The molecule has 0 heterocycles. The van der Waals surface area contributed by atoms with Gasteiger partial charge >= 0.3 is 12.1 Å². The van der Waals surface area contributed by atoms with Crippen molar-refractivity contribution < 1.29 is 24.2 Å². The second-order valence-corrected chi connectivity index (χ2v) is 8.83. The van der Waals surface area contributed by atoms with Gasteiger partial charge in [0.1, 0.15) is 12.6 Å². The number of nitrogens with one attached hydrogen (secondary N) is 2. The lowest BCUT2D eigenvalue weighted by Gasteiger charge is -2.20. The SMILES string of the molecule is Cc1ccc(NC(=O)C(CCC(=O)O)NC(=O)OCC2c3ccccc3-c3ccccc32)c(Cl)c1. The van der Waals surface area contributed by atoms with E-state index in [4.69, 9.17) is 21.4 Å². The largest absolute Gasteiger partial charge is 0.481 e. The zero-order chi connectivity index (χ0) is 24.9. The zero-order valence-electron chi connectivity index (χ0n) is 19.1. The average molecular weight is 493 g/mol. The van der Waals surface area contributed by atoms with Gasteiger partial charge in [-0.25, -0.2) is 4.79 Å². The van der Waals surface area contributed by atoms with Gasteiger partial charge in [0.15, 0.2) is 0 Å². The van der Waals surface area contributed by atoms with E-state index in [0.29, 0.717) is 10.7 Å².